The zero-order valence-corrected chi connectivity index (χ0v) is 15.6. The van der Waals surface area contributed by atoms with Crippen molar-refractivity contribution in [1.82, 2.24) is 10.1 Å². The monoisotopic (exact) mass is 409 g/mol. The van der Waals surface area contributed by atoms with Gasteiger partial charge in [0.2, 0.25) is 5.82 Å². The van der Waals surface area contributed by atoms with Gasteiger partial charge >= 0.3 is 0 Å². The first kappa shape index (κ1) is 16.6. The summed E-state index contributed by atoms with van der Waals surface area (Å²) in [6.07, 6.45) is 4.99. The molecule has 120 valence electrons. The minimum Gasteiger partial charge on any atom is -0.334 e. The van der Waals surface area contributed by atoms with Gasteiger partial charge in [0.05, 0.1) is 8.66 Å². The van der Waals surface area contributed by atoms with Crippen molar-refractivity contribution in [1.29, 1.82) is 0 Å². The first-order valence-corrected chi connectivity index (χ1v) is 9.79. The number of allylic oxidation sites excluding steroid dienone is 1. The standard InChI is InChI=1S/C16H16BrN3OS2/c17-14-7-6-12(23-14)10-11(4-1-2-8-18)16-19-15(20-21-16)13-5-3-9-22-13/h3,5-7,9-10H,1-2,4,8,18H2/b11-10+. The maximum absolute atomic E-state index is 5.60. The number of thiophene rings is 2. The first-order valence-electron chi connectivity index (χ1n) is 7.30. The molecular formula is C16H16BrN3OS2. The van der Waals surface area contributed by atoms with Gasteiger partial charge in [0, 0.05) is 10.5 Å². The largest absolute Gasteiger partial charge is 0.334 e. The Kier molecular flexibility index (Phi) is 5.77. The number of nitrogens with two attached hydrogens (primary N) is 1. The highest BCUT2D eigenvalue weighted by Crippen LogP contribution is 2.30. The molecule has 0 aliphatic rings. The van der Waals surface area contributed by atoms with E-state index in [-0.39, 0.29) is 0 Å². The number of halogens is 1. The zero-order chi connectivity index (χ0) is 16.1. The molecule has 0 aromatic carbocycles. The summed E-state index contributed by atoms with van der Waals surface area (Å²) in [6, 6.07) is 8.10. The van der Waals surface area contributed by atoms with E-state index in [9.17, 15) is 0 Å². The summed E-state index contributed by atoms with van der Waals surface area (Å²) in [5.74, 6) is 1.24. The summed E-state index contributed by atoms with van der Waals surface area (Å²) in [5, 5.41) is 6.11. The van der Waals surface area contributed by atoms with Gasteiger partial charge in [-0.05, 0) is 71.4 Å². The van der Waals surface area contributed by atoms with Crippen molar-refractivity contribution in [2.45, 2.75) is 19.3 Å². The van der Waals surface area contributed by atoms with Crippen LogP contribution in [0.3, 0.4) is 0 Å². The Labute approximate surface area is 151 Å². The Morgan fingerprint density at radius 1 is 1.30 bits per heavy atom. The molecule has 0 radical (unpaired) electrons. The molecule has 0 saturated heterocycles. The van der Waals surface area contributed by atoms with Crippen LogP contribution in [0.15, 0.2) is 38.0 Å². The van der Waals surface area contributed by atoms with Crippen LogP contribution < -0.4 is 5.73 Å². The fraction of sp³-hybridized carbons (Fsp3) is 0.250. The summed E-state index contributed by atoms with van der Waals surface area (Å²) in [6.45, 7) is 0.697. The van der Waals surface area contributed by atoms with E-state index in [1.807, 2.05) is 23.6 Å². The van der Waals surface area contributed by atoms with Crippen molar-refractivity contribution < 1.29 is 4.52 Å². The number of unbranched alkanes of at least 4 members (excludes halogenated alkanes) is 1. The van der Waals surface area contributed by atoms with Crippen molar-refractivity contribution >= 4 is 50.3 Å². The number of hydrogen-bond acceptors (Lipinski definition) is 6. The summed E-state index contributed by atoms with van der Waals surface area (Å²) >= 11 is 6.78. The van der Waals surface area contributed by atoms with E-state index in [0.29, 0.717) is 18.3 Å². The normalized spacial score (nSPS) is 12.0. The molecule has 7 heteroatoms. The maximum Gasteiger partial charge on any atom is 0.254 e. The quantitative estimate of drug-likeness (QED) is 0.538. The summed E-state index contributed by atoms with van der Waals surface area (Å²) in [5.41, 5.74) is 6.66. The van der Waals surface area contributed by atoms with E-state index in [1.165, 1.54) is 0 Å². The number of hydrogen-bond donors (Lipinski definition) is 1. The lowest BCUT2D eigenvalue weighted by Gasteiger charge is -2.01. The van der Waals surface area contributed by atoms with Gasteiger partial charge in [-0.1, -0.05) is 11.2 Å². The highest BCUT2D eigenvalue weighted by molar-refractivity contribution is 9.11. The van der Waals surface area contributed by atoms with Gasteiger partial charge in [-0.25, -0.2) is 0 Å². The van der Waals surface area contributed by atoms with E-state index in [2.05, 4.69) is 38.2 Å². The predicted octanol–water partition coefficient (Wildman–Crippen LogP) is 5.29. The van der Waals surface area contributed by atoms with Crippen LogP contribution in [0.2, 0.25) is 0 Å². The number of rotatable bonds is 7. The van der Waals surface area contributed by atoms with E-state index in [0.717, 1.165) is 38.4 Å². The summed E-state index contributed by atoms with van der Waals surface area (Å²) < 4.78 is 6.61. The first-order chi connectivity index (χ1) is 11.3. The molecule has 3 rings (SSSR count). The fourth-order valence-electron chi connectivity index (χ4n) is 2.14. The van der Waals surface area contributed by atoms with E-state index in [4.69, 9.17) is 10.3 Å². The second kappa shape index (κ2) is 8.01. The van der Waals surface area contributed by atoms with Crippen LogP contribution in [0.25, 0.3) is 22.4 Å². The molecule has 0 aliphatic heterocycles. The average Bonchev–Trinajstić information content (AvgIpc) is 3.27. The van der Waals surface area contributed by atoms with Crippen LogP contribution in [0.1, 0.15) is 30.0 Å². The van der Waals surface area contributed by atoms with E-state index >= 15 is 0 Å². The third-order valence-corrected chi connectivity index (χ3v) is 5.69. The molecule has 23 heavy (non-hydrogen) atoms. The average molecular weight is 410 g/mol. The third-order valence-electron chi connectivity index (χ3n) is 3.25. The van der Waals surface area contributed by atoms with E-state index in [1.54, 1.807) is 22.7 Å². The van der Waals surface area contributed by atoms with E-state index < -0.39 is 0 Å². The van der Waals surface area contributed by atoms with Crippen molar-refractivity contribution in [2.75, 3.05) is 6.54 Å². The summed E-state index contributed by atoms with van der Waals surface area (Å²) in [4.78, 5) is 6.74. The molecule has 0 fully saturated rings. The molecule has 0 saturated carbocycles. The second-order valence-electron chi connectivity index (χ2n) is 4.96. The minimum atomic E-state index is 0.593. The molecule has 0 bridgehead atoms. The van der Waals surface area contributed by atoms with Crippen LogP contribution in [-0.2, 0) is 0 Å². The minimum absolute atomic E-state index is 0.593. The summed E-state index contributed by atoms with van der Waals surface area (Å²) in [7, 11) is 0. The topological polar surface area (TPSA) is 64.9 Å². The van der Waals surface area contributed by atoms with Crippen LogP contribution >= 0.6 is 38.6 Å². The lowest BCUT2D eigenvalue weighted by molar-refractivity contribution is 0.407. The molecule has 3 aromatic rings. The van der Waals surface area contributed by atoms with Crippen molar-refractivity contribution in [3.05, 3.63) is 44.2 Å². The van der Waals surface area contributed by atoms with Crippen LogP contribution in [0.5, 0.6) is 0 Å². The van der Waals surface area contributed by atoms with Crippen molar-refractivity contribution in [2.24, 2.45) is 5.73 Å². The SMILES string of the molecule is NCCCC/C(=C\c1ccc(Br)s1)c1nc(-c2cccs2)no1. The van der Waals surface area contributed by atoms with Gasteiger partial charge in [0.25, 0.3) is 5.89 Å². The Balaban J connectivity index is 1.87. The highest BCUT2D eigenvalue weighted by atomic mass is 79.9. The lowest BCUT2D eigenvalue weighted by atomic mass is 10.1. The van der Waals surface area contributed by atoms with Crippen molar-refractivity contribution in [3.8, 4) is 10.7 Å². The van der Waals surface area contributed by atoms with Crippen LogP contribution in [0.4, 0.5) is 0 Å². The smallest absolute Gasteiger partial charge is 0.254 e. The third kappa shape index (κ3) is 4.38. The van der Waals surface area contributed by atoms with Crippen LogP contribution in [-0.4, -0.2) is 16.7 Å². The van der Waals surface area contributed by atoms with Gasteiger partial charge in [-0.15, -0.1) is 22.7 Å². The molecular weight excluding hydrogens is 394 g/mol. The fourth-order valence-corrected chi connectivity index (χ4v) is 4.18. The molecule has 2 N–H and O–H groups in total. The molecule has 3 heterocycles. The Hall–Kier alpha value is -1.28. The van der Waals surface area contributed by atoms with Crippen LogP contribution in [0, 0.1) is 0 Å². The maximum atomic E-state index is 5.60. The predicted molar refractivity (Wildman–Crippen MR) is 100 cm³/mol. The Morgan fingerprint density at radius 3 is 2.91 bits per heavy atom. The Bertz CT molecular complexity index is 777. The molecule has 0 atom stereocenters. The van der Waals surface area contributed by atoms with Gasteiger partial charge in [0.15, 0.2) is 0 Å². The number of nitrogens with zero attached hydrogens (tertiary/aromatic N) is 2. The highest BCUT2D eigenvalue weighted by Gasteiger charge is 2.14. The molecule has 0 spiro atoms. The van der Waals surface area contributed by atoms with Gasteiger partial charge in [0.1, 0.15) is 0 Å². The zero-order valence-electron chi connectivity index (χ0n) is 12.4. The lowest BCUT2D eigenvalue weighted by Crippen LogP contribution is -1.98. The molecule has 3 aromatic heterocycles. The van der Waals surface area contributed by atoms with Gasteiger partial charge in [-0.2, -0.15) is 4.98 Å². The van der Waals surface area contributed by atoms with Crippen molar-refractivity contribution in [3.63, 3.8) is 0 Å². The Morgan fingerprint density at radius 2 is 2.22 bits per heavy atom. The van der Waals surface area contributed by atoms with Gasteiger partial charge < -0.3 is 10.3 Å². The molecule has 0 unspecified atom stereocenters. The molecule has 0 amide bonds. The number of aromatic nitrogens is 2. The second-order valence-corrected chi connectivity index (χ2v) is 8.40. The van der Waals surface area contributed by atoms with Gasteiger partial charge in [-0.3, -0.25) is 0 Å². The molecule has 4 nitrogen and oxygen atoms in total. The molecule has 0 aliphatic carbocycles.